The number of para-hydroxylation sites is 1. The summed E-state index contributed by atoms with van der Waals surface area (Å²) in [5.74, 6) is 0.306. The number of thioether (sulfide) groups is 1. The molecule has 10 nitrogen and oxygen atoms in total. The van der Waals surface area contributed by atoms with Crippen LogP contribution >= 0.6 is 23.1 Å². The van der Waals surface area contributed by atoms with Crippen molar-refractivity contribution in [1.82, 2.24) is 10.2 Å². The molecule has 1 atom stereocenters. The Hall–Kier alpha value is -3.64. The maximum Gasteiger partial charge on any atom is 0.234 e. The summed E-state index contributed by atoms with van der Waals surface area (Å²) < 4.78 is 11.1. The van der Waals surface area contributed by atoms with E-state index in [4.69, 9.17) is 9.47 Å². The van der Waals surface area contributed by atoms with E-state index in [0.29, 0.717) is 33.2 Å². The lowest BCUT2D eigenvalue weighted by Crippen LogP contribution is -2.28. The predicted octanol–water partition coefficient (Wildman–Crippen LogP) is 2.99. The molecular weight excluding hydrogens is 478 g/mol. The first kappa shape index (κ1) is 22.2. The molecule has 174 valence electrons. The van der Waals surface area contributed by atoms with E-state index >= 15 is 0 Å². The maximum atomic E-state index is 12.7. The number of aromatic nitrogens is 2. The van der Waals surface area contributed by atoms with Gasteiger partial charge >= 0.3 is 0 Å². The topological polar surface area (TPSA) is 123 Å². The average molecular weight is 498 g/mol. The Morgan fingerprint density at radius 1 is 1.09 bits per heavy atom. The summed E-state index contributed by atoms with van der Waals surface area (Å²) in [6.07, 6.45) is 0.140. The van der Waals surface area contributed by atoms with Gasteiger partial charge in [0.1, 0.15) is 0 Å². The normalized spacial score (nSPS) is 16.5. The number of rotatable bonds is 7. The Labute approximate surface area is 202 Å². The molecule has 3 aromatic rings. The lowest BCUT2D eigenvalue weighted by molar-refractivity contribution is -0.122. The molecule has 2 aliphatic heterocycles. The average Bonchev–Trinajstić information content (AvgIpc) is 3.58. The van der Waals surface area contributed by atoms with E-state index in [1.54, 1.807) is 23.1 Å². The van der Waals surface area contributed by atoms with Gasteiger partial charge in [-0.3, -0.25) is 14.4 Å². The number of nitrogens with one attached hydrogen (secondary N) is 2. The number of nitrogens with zero attached hydrogens (tertiary/aromatic N) is 3. The van der Waals surface area contributed by atoms with Gasteiger partial charge in [-0.2, -0.15) is 0 Å². The zero-order chi connectivity index (χ0) is 23.5. The van der Waals surface area contributed by atoms with Gasteiger partial charge in [-0.1, -0.05) is 41.3 Å². The highest BCUT2D eigenvalue weighted by Gasteiger charge is 2.35. The Kier molecular flexibility index (Phi) is 6.32. The lowest BCUT2D eigenvalue weighted by atomic mass is 10.1. The maximum absolute atomic E-state index is 12.7. The first-order valence-corrected chi connectivity index (χ1v) is 12.2. The summed E-state index contributed by atoms with van der Waals surface area (Å²) in [5.41, 5.74) is 1.38. The highest BCUT2D eigenvalue weighted by atomic mass is 32.2. The number of hydrogen-bond donors (Lipinski definition) is 2. The first-order valence-electron chi connectivity index (χ1n) is 10.4. The van der Waals surface area contributed by atoms with Crippen LogP contribution in [0.15, 0.2) is 52.9 Å². The van der Waals surface area contributed by atoms with E-state index in [2.05, 4.69) is 20.8 Å². The van der Waals surface area contributed by atoms with Gasteiger partial charge in [-0.25, -0.2) is 0 Å². The van der Waals surface area contributed by atoms with Crippen LogP contribution in [0.1, 0.15) is 6.42 Å². The van der Waals surface area contributed by atoms with Crippen LogP contribution in [-0.4, -0.2) is 47.0 Å². The molecule has 5 rings (SSSR count). The Bertz CT molecular complexity index is 1240. The van der Waals surface area contributed by atoms with E-state index in [9.17, 15) is 14.4 Å². The van der Waals surface area contributed by atoms with Gasteiger partial charge in [0, 0.05) is 30.4 Å². The van der Waals surface area contributed by atoms with E-state index < -0.39 is 5.92 Å². The van der Waals surface area contributed by atoms with Crippen molar-refractivity contribution in [2.75, 3.05) is 34.6 Å². The quantitative estimate of drug-likeness (QED) is 0.377. The molecule has 34 heavy (non-hydrogen) atoms. The van der Waals surface area contributed by atoms with Crippen LogP contribution in [0.5, 0.6) is 11.5 Å². The Balaban J connectivity index is 1.11. The van der Waals surface area contributed by atoms with Crippen molar-refractivity contribution in [1.29, 1.82) is 0 Å². The van der Waals surface area contributed by atoms with Crippen molar-refractivity contribution in [3.05, 3.63) is 48.5 Å². The van der Waals surface area contributed by atoms with Gasteiger partial charge in [0.2, 0.25) is 29.6 Å². The third-order valence-electron chi connectivity index (χ3n) is 5.18. The van der Waals surface area contributed by atoms with Crippen LogP contribution in [0.3, 0.4) is 0 Å². The SMILES string of the molecule is O=C(CSc1nnc(NC(=O)[C@H]2CC(=O)N(c3ccccc3)C2)s1)Nc1ccc2c(c1)OCO2. The minimum atomic E-state index is -0.472. The van der Waals surface area contributed by atoms with Crippen molar-refractivity contribution in [2.24, 2.45) is 5.92 Å². The minimum absolute atomic E-state index is 0.0895. The number of benzene rings is 2. The van der Waals surface area contributed by atoms with Crippen molar-refractivity contribution in [2.45, 2.75) is 10.8 Å². The molecule has 0 bridgehead atoms. The monoisotopic (exact) mass is 497 g/mol. The number of anilines is 3. The molecule has 2 aliphatic rings. The molecule has 3 heterocycles. The molecule has 1 fully saturated rings. The van der Waals surface area contributed by atoms with E-state index in [1.807, 2.05) is 30.3 Å². The molecule has 0 saturated carbocycles. The highest BCUT2D eigenvalue weighted by molar-refractivity contribution is 8.01. The highest BCUT2D eigenvalue weighted by Crippen LogP contribution is 2.34. The van der Waals surface area contributed by atoms with Crippen LogP contribution in [0.25, 0.3) is 0 Å². The van der Waals surface area contributed by atoms with Crippen molar-refractivity contribution >= 4 is 57.3 Å². The standard InChI is InChI=1S/C22H19N5O5S2/c28-18(23-14-6-7-16-17(9-14)32-12-31-16)11-33-22-26-25-21(34-22)24-20(30)13-8-19(29)27(10-13)15-4-2-1-3-5-15/h1-7,9,13H,8,10-12H2,(H,23,28)(H,24,25,30)/t13-/m0/s1. The van der Waals surface area contributed by atoms with E-state index in [-0.39, 0.29) is 36.7 Å². The summed E-state index contributed by atoms with van der Waals surface area (Å²) in [7, 11) is 0. The number of hydrogen-bond acceptors (Lipinski definition) is 9. The summed E-state index contributed by atoms with van der Waals surface area (Å²) >= 11 is 2.39. The van der Waals surface area contributed by atoms with Gasteiger partial charge in [-0.15, -0.1) is 10.2 Å². The molecule has 2 aromatic carbocycles. The fraction of sp³-hybridized carbons (Fsp3) is 0.227. The summed E-state index contributed by atoms with van der Waals surface area (Å²) in [6, 6.07) is 14.4. The molecule has 12 heteroatoms. The van der Waals surface area contributed by atoms with Gasteiger partial charge in [-0.05, 0) is 24.3 Å². The van der Waals surface area contributed by atoms with Crippen molar-refractivity contribution in [3.8, 4) is 11.5 Å². The van der Waals surface area contributed by atoms with Gasteiger partial charge in [0.05, 0.1) is 11.7 Å². The zero-order valence-corrected chi connectivity index (χ0v) is 19.4. The number of carbonyl (C=O) groups is 3. The summed E-state index contributed by atoms with van der Waals surface area (Å²) in [4.78, 5) is 38.9. The summed E-state index contributed by atoms with van der Waals surface area (Å²) in [5, 5.41) is 13.9. The van der Waals surface area contributed by atoms with Gasteiger partial charge in [0.15, 0.2) is 15.8 Å². The van der Waals surface area contributed by atoms with E-state index in [1.165, 1.54) is 23.1 Å². The number of amides is 3. The Morgan fingerprint density at radius 3 is 2.76 bits per heavy atom. The molecule has 1 saturated heterocycles. The van der Waals surface area contributed by atoms with Crippen molar-refractivity contribution in [3.63, 3.8) is 0 Å². The molecule has 0 spiro atoms. The van der Waals surface area contributed by atoms with Gasteiger partial charge < -0.3 is 25.0 Å². The minimum Gasteiger partial charge on any atom is -0.454 e. The second-order valence-electron chi connectivity index (χ2n) is 7.51. The molecule has 0 radical (unpaired) electrons. The lowest BCUT2D eigenvalue weighted by Gasteiger charge is -2.16. The fourth-order valence-corrected chi connectivity index (χ4v) is 5.12. The second-order valence-corrected chi connectivity index (χ2v) is 9.71. The molecule has 1 aromatic heterocycles. The van der Waals surface area contributed by atoms with Gasteiger partial charge in [0.25, 0.3) is 0 Å². The zero-order valence-electron chi connectivity index (χ0n) is 17.7. The van der Waals surface area contributed by atoms with Crippen LogP contribution in [0.4, 0.5) is 16.5 Å². The third-order valence-corrected chi connectivity index (χ3v) is 7.16. The number of carbonyl (C=O) groups excluding carboxylic acids is 3. The Morgan fingerprint density at radius 2 is 1.91 bits per heavy atom. The summed E-state index contributed by atoms with van der Waals surface area (Å²) in [6.45, 7) is 0.482. The van der Waals surface area contributed by atoms with Crippen LogP contribution in [0.2, 0.25) is 0 Å². The molecule has 2 N–H and O–H groups in total. The van der Waals surface area contributed by atoms with Crippen molar-refractivity contribution < 1.29 is 23.9 Å². The van der Waals surface area contributed by atoms with Crippen LogP contribution in [0, 0.1) is 5.92 Å². The molecule has 3 amide bonds. The molecule has 0 aliphatic carbocycles. The number of ether oxygens (including phenoxy) is 2. The predicted molar refractivity (Wildman–Crippen MR) is 127 cm³/mol. The molecular formula is C22H19N5O5S2. The number of fused-ring (bicyclic) bond motifs is 1. The smallest absolute Gasteiger partial charge is 0.234 e. The third kappa shape index (κ3) is 4.97. The molecule has 0 unspecified atom stereocenters. The second kappa shape index (κ2) is 9.69. The van der Waals surface area contributed by atoms with Crippen LogP contribution < -0.4 is 25.0 Å². The largest absolute Gasteiger partial charge is 0.454 e. The van der Waals surface area contributed by atoms with Crippen LogP contribution in [-0.2, 0) is 14.4 Å². The fourth-order valence-electron chi connectivity index (χ4n) is 3.57. The first-order chi connectivity index (χ1) is 16.5. The van der Waals surface area contributed by atoms with E-state index in [0.717, 1.165) is 5.69 Å².